The standard InChI is InChI=1S/C20H32O3Si/c1-20(2,3)24(4,5)23-18(16-12-8-6-9-13-16)19(21)22-17-14-10-7-11-15-17/h6,8-9,12-13,17-18H,7,10-11,14-15H2,1-5H3/t18-/m0/s1. The van der Waals surface area contributed by atoms with Crippen LogP contribution in [-0.2, 0) is 14.0 Å². The predicted molar refractivity (Wildman–Crippen MR) is 100 cm³/mol. The number of hydrogen-bond donors (Lipinski definition) is 0. The van der Waals surface area contributed by atoms with Crippen LogP contribution in [0.15, 0.2) is 30.3 Å². The lowest BCUT2D eigenvalue weighted by molar-refractivity contribution is -0.160. The summed E-state index contributed by atoms with van der Waals surface area (Å²) in [6, 6.07) is 9.77. The second kappa shape index (κ2) is 7.83. The first-order chi connectivity index (χ1) is 11.2. The molecule has 1 aromatic rings. The highest BCUT2D eigenvalue weighted by Gasteiger charge is 2.42. The Morgan fingerprint density at radius 3 is 2.21 bits per heavy atom. The van der Waals surface area contributed by atoms with Crippen molar-refractivity contribution in [3.8, 4) is 0 Å². The first-order valence-electron chi connectivity index (χ1n) is 9.14. The first kappa shape index (κ1) is 19.2. The van der Waals surface area contributed by atoms with Gasteiger partial charge in [-0.2, -0.15) is 0 Å². The predicted octanol–water partition coefficient (Wildman–Crippen LogP) is 5.63. The summed E-state index contributed by atoms with van der Waals surface area (Å²) in [7, 11) is -2.08. The zero-order valence-corrected chi connectivity index (χ0v) is 16.8. The van der Waals surface area contributed by atoms with Crippen LogP contribution in [0.2, 0.25) is 18.1 Å². The Morgan fingerprint density at radius 2 is 1.67 bits per heavy atom. The van der Waals surface area contributed by atoms with E-state index in [1.54, 1.807) is 0 Å². The van der Waals surface area contributed by atoms with Gasteiger partial charge >= 0.3 is 5.97 Å². The van der Waals surface area contributed by atoms with Gasteiger partial charge in [0, 0.05) is 0 Å². The molecule has 1 saturated carbocycles. The van der Waals surface area contributed by atoms with Crippen LogP contribution in [0, 0.1) is 0 Å². The molecule has 0 radical (unpaired) electrons. The minimum Gasteiger partial charge on any atom is -0.460 e. The van der Waals surface area contributed by atoms with Crippen LogP contribution < -0.4 is 0 Å². The Labute approximate surface area is 147 Å². The minimum atomic E-state index is -2.08. The van der Waals surface area contributed by atoms with E-state index in [0.717, 1.165) is 31.2 Å². The average Bonchev–Trinajstić information content (AvgIpc) is 2.53. The monoisotopic (exact) mass is 348 g/mol. The fourth-order valence-corrected chi connectivity index (χ4v) is 3.94. The van der Waals surface area contributed by atoms with Crippen LogP contribution in [0.5, 0.6) is 0 Å². The van der Waals surface area contributed by atoms with Gasteiger partial charge in [-0.25, -0.2) is 4.79 Å². The molecular formula is C20H32O3Si. The number of benzene rings is 1. The normalized spacial score (nSPS) is 18.2. The van der Waals surface area contributed by atoms with Crippen molar-refractivity contribution in [1.29, 1.82) is 0 Å². The van der Waals surface area contributed by atoms with E-state index in [1.807, 2.05) is 30.3 Å². The SMILES string of the molecule is CC(C)(C)[Si](C)(C)O[C@H](C(=O)OC1CCCCC1)c1ccccc1. The van der Waals surface area contributed by atoms with Gasteiger partial charge in [-0.05, 0) is 49.4 Å². The van der Waals surface area contributed by atoms with Crippen LogP contribution in [0.3, 0.4) is 0 Å². The van der Waals surface area contributed by atoms with Crippen molar-refractivity contribution in [1.82, 2.24) is 0 Å². The fraction of sp³-hybridized carbons (Fsp3) is 0.650. The third-order valence-corrected chi connectivity index (χ3v) is 9.81. The Hall–Kier alpha value is -1.13. The molecule has 0 spiro atoms. The highest BCUT2D eigenvalue weighted by molar-refractivity contribution is 6.74. The Bertz CT molecular complexity index is 528. The molecule has 1 aromatic carbocycles. The van der Waals surface area contributed by atoms with Crippen molar-refractivity contribution in [3.63, 3.8) is 0 Å². The van der Waals surface area contributed by atoms with Crippen LogP contribution in [0.4, 0.5) is 0 Å². The lowest BCUT2D eigenvalue weighted by Gasteiger charge is -2.39. The summed E-state index contributed by atoms with van der Waals surface area (Å²) in [6.07, 6.45) is 4.94. The largest absolute Gasteiger partial charge is 0.460 e. The van der Waals surface area contributed by atoms with Crippen LogP contribution >= 0.6 is 0 Å². The highest BCUT2D eigenvalue weighted by Crippen LogP contribution is 2.40. The third-order valence-electron chi connectivity index (χ3n) is 5.37. The zero-order valence-electron chi connectivity index (χ0n) is 15.8. The molecule has 1 atom stereocenters. The van der Waals surface area contributed by atoms with Gasteiger partial charge in [0.15, 0.2) is 14.4 Å². The Balaban J connectivity index is 2.18. The minimum absolute atomic E-state index is 0.0468. The van der Waals surface area contributed by atoms with Gasteiger partial charge in [0.05, 0.1) is 0 Å². The molecule has 4 heteroatoms. The topological polar surface area (TPSA) is 35.5 Å². The zero-order chi connectivity index (χ0) is 17.8. The summed E-state index contributed by atoms with van der Waals surface area (Å²) in [5.41, 5.74) is 0.892. The average molecular weight is 349 g/mol. The van der Waals surface area contributed by atoms with Gasteiger partial charge in [-0.15, -0.1) is 0 Å². The van der Waals surface area contributed by atoms with Gasteiger partial charge in [-0.1, -0.05) is 57.5 Å². The molecule has 0 saturated heterocycles. The second-order valence-electron chi connectivity index (χ2n) is 8.37. The van der Waals surface area contributed by atoms with Crippen molar-refractivity contribution < 1.29 is 14.0 Å². The molecule has 3 nitrogen and oxygen atoms in total. The van der Waals surface area contributed by atoms with Crippen LogP contribution in [-0.4, -0.2) is 20.4 Å². The maximum Gasteiger partial charge on any atom is 0.339 e. The summed E-state index contributed by atoms with van der Waals surface area (Å²) in [6.45, 7) is 10.9. The summed E-state index contributed by atoms with van der Waals surface area (Å²) >= 11 is 0. The first-order valence-corrected chi connectivity index (χ1v) is 12.0. The molecule has 24 heavy (non-hydrogen) atoms. The number of ether oxygens (including phenoxy) is 1. The molecule has 134 valence electrons. The van der Waals surface area contributed by atoms with Gasteiger partial charge in [0.25, 0.3) is 0 Å². The smallest absolute Gasteiger partial charge is 0.339 e. The maximum atomic E-state index is 12.9. The van der Waals surface area contributed by atoms with E-state index in [1.165, 1.54) is 6.42 Å². The molecule has 0 amide bonds. The van der Waals surface area contributed by atoms with Crippen molar-refractivity contribution in [2.75, 3.05) is 0 Å². The summed E-state index contributed by atoms with van der Waals surface area (Å²) < 4.78 is 12.3. The Kier molecular flexibility index (Phi) is 6.26. The number of esters is 1. The molecule has 0 unspecified atom stereocenters. The lowest BCUT2D eigenvalue weighted by atomic mass is 9.98. The van der Waals surface area contributed by atoms with Crippen LogP contribution in [0.1, 0.15) is 64.5 Å². The van der Waals surface area contributed by atoms with E-state index < -0.39 is 14.4 Å². The van der Waals surface area contributed by atoms with E-state index in [4.69, 9.17) is 9.16 Å². The number of carbonyl (C=O) groups excluding carboxylic acids is 1. The van der Waals surface area contributed by atoms with E-state index in [-0.39, 0.29) is 17.1 Å². The molecule has 0 N–H and O–H groups in total. The number of rotatable bonds is 5. The fourth-order valence-electron chi connectivity index (χ4n) is 2.76. The lowest BCUT2D eigenvalue weighted by Crippen LogP contribution is -2.44. The summed E-state index contributed by atoms with van der Waals surface area (Å²) in [4.78, 5) is 12.9. The third kappa shape index (κ3) is 4.93. The maximum absolute atomic E-state index is 12.9. The van der Waals surface area contributed by atoms with Crippen molar-refractivity contribution in [2.24, 2.45) is 0 Å². The van der Waals surface area contributed by atoms with E-state index >= 15 is 0 Å². The van der Waals surface area contributed by atoms with Crippen LogP contribution in [0.25, 0.3) is 0 Å². The van der Waals surface area contributed by atoms with Gasteiger partial charge < -0.3 is 9.16 Å². The Morgan fingerprint density at radius 1 is 1.08 bits per heavy atom. The molecule has 0 bridgehead atoms. The summed E-state index contributed by atoms with van der Waals surface area (Å²) in [5, 5.41) is 0.0468. The molecule has 0 aliphatic heterocycles. The molecular weight excluding hydrogens is 316 g/mol. The molecule has 1 aliphatic carbocycles. The summed E-state index contributed by atoms with van der Waals surface area (Å²) in [5.74, 6) is -0.224. The highest BCUT2D eigenvalue weighted by atomic mass is 28.4. The number of carbonyl (C=O) groups is 1. The van der Waals surface area contributed by atoms with E-state index in [2.05, 4.69) is 33.9 Å². The molecule has 2 rings (SSSR count). The van der Waals surface area contributed by atoms with Gasteiger partial charge in [0.2, 0.25) is 0 Å². The van der Waals surface area contributed by atoms with E-state index in [0.29, 0.717) is 0 Å². The second-order valence-corrected chi connectivity index (χ2v) is 13.1. The molecule has 0 heterocycles. The molecule has 0 aromatic heterocycles. The van der Waals surface area contributed by atoms with Gasteiger partial charge in [-0.3, -0.25) is 0 Å². The van der Waals surface area contributed by atoms with Crippen molar-refractivity contribution in [3.05, 3.63) is 35.9 Å². The molecule has 1 fully saturated rings. The molecule has 1 aliphatic rings. The van der Waals surface area contributed by atoms with Gasteiger partial charge in [0.1, 0.15) is 6.10 Å². The van der Waals surface area contributed by atoms with Crippen molar-refractivity contribution in [2.45, 2.75) is 83.2 Å². The quantitative estimate of drug-likeness (QED) is 0.511. The van der Waals surface area contributed by atoms with Crippen molar-refractivity contribution >= 4 is 14.3 Å². The van der Waals surface area contributed by atoms with E-state index in [9.17, 15) is 4.79 Å². The number of hydrogen-bond acceptors (Lipinski definition) is 3.